The van der Waals surface area contributed by atoms with Crippen molar-refractivity contribution >= 4 is 0 Å². The molecule has 3 aromatic rings. The minimum absolute atomic E-state index is 0.0354. The average molecular weight is 374 g/mol. The lowest BCUT2D eigenvalue weighted by molar-refractivity contribution is -0.185. The molecule has 0 amide bonds. The molecule has 0 heterocycles. The van der Waals surface area contributed by atoms with Crippen LogP contribution in [0.5, 0.6) is 0 Å². The summed E-state index contributed by atoms with van der Waals surface area (Å²) in [7, 11) is 3.28. The van der Waals surface area contributed by atoms with Gasteiger partial charge in [0.05, 0.1) is 0 Å². The molecule has 28 heavy (non-hydrogen) atoms. The molecule has 0 fully saturated rings. The van der Waals surface area contributed by atoms with E-state index in [0.29, 0.717) is 0 Å². The van der Waals surface area contributed by atoms with Gasteiger partial charge in [0.25, 0.3) is 0 Å². The van der Waals surface area contributed by atoms with E-state index in [-0.39, 0.29) is 5.92 Å². The van der Waals surface area contributed by atoms with Gasteiger partial charge in [-0.05, 0) is 29.0 Å². The second kappa shape index (κ2) is 7.17. The number of benzene rings is 3. The second-order valence-electron chi connectivity index (χ2n) is 7.47. The molecule has 0 aromatic heterocycles. The Morgan fingerprint density at radius 3 is 2.07 bits per heavy atom. The van der Waals surface area contributed by atoms with E-state index in [2.05, 4.69) is 13.0 Å². The first-order valence-corrected chi connectivity index (χ1v) is 9.64. The van der Waals surface area contributed by atoms with Crippen molar-refractivity contribution in [1.82, 2.24) is 0 Å². The van der Waals surface area contributed by atoms with Crippen molar-refractivity contribution in [2.24, 2.45) is 5.92 Å². The fraction of sp³-hybridized carbons (Fsp3) is 0.280. The summed E-state index contributed by atoms with van der Waals surface area (Å²) in [6, 6.07) is 25.9. The van der Waals surface area contributed by atoms with Gasteiger partial charge in [0.2, 0.25) is 5.79 Å². The Kier molecular flexibility index (Phi) is 4.84. The summed E-state index contributed by atoms with van der Waals surface area (Å²) in [6.45, 7) is 2.10. The van der Waals surface area contributed by atoms with Gasteiger partial charge in [0.1, 0.15) is 5.60 Å². The molecule has 0 saturated heterocycles. The van der Waals surface area contributed by atoms with E-state index in [4.69, 9.17) is 9.47 Å². The summed E-state index contributed by atoms with van der Waals surface area (Å²) in [5.41, 5.74) is 3.56. The molecular formula is C25H26O3. The maximum absolute atomic E-state index is 12.1. The number of hydrogen-bond acceptors (Lipinski definition) is 3. The molecule has 0 radical (unpaired) electrons. The highest BCUT2D eigenvalue weighted by Crippen LogP contribution is 2.49. The van der Waals surface area contributed by atoms with Crippen LogP contribution < -0.4 is 0 Å². The van der Waals surface area contributed by atoms with Crippen LogP contribution in [0.15, 0.2) is 78.9 Å². The van der Waals surface area contributed by atoms with Crippen LogP contribution in [-0.4, -0.2) is 19.3 Å². The van der Waals surface area contributed by atoms with Gasteiger partial charge in [-0.25, -0.2) is 0 Å². The normalized spacial score (nSPS) is 21.5. The zero-order valence-corrected chi connectivity index (χ0v) is 16.6. The highest BCUT2D eigenvalue weighted by atomic mass is 16.7. The molecule has 3 heteroatoms. The Hall–Kier alpha value is -2.46. The van der Waals surface area contributed by atoms with Crippen molar-refractivity contribution in [3.8, 4) is 0 Å². The van der Waals surface area contributed by atoms with Gasteiger partial charge in [-0.15, -0.1) is 0 Å². The minimum Gasteiger partial charge on any atom is -0.380 e. The number of ether oxygens (including phenoxy) is 2. The first-order valence-electron chi connectivity index (χ1n) is 9.64. The Balaban J connectivity index is 1.98. The van der Waals surface area contributed by atoms with Crippen LogP contribution in [0.2, 0.25) is 0 Å². The Bertz CT molecular complexity index is 941. The molecule has 0 spiro atoms. The topological polar surface area (TPSA) is 38.7 Å². The molecule has 0 bridgehead atoms. The van der Waals surface area contributed by atoms with E-state index in [1.807, 2.05) is 72.8 Å². The number of hydrogen-bond donors (Lipinski definition) is 1. The van der Waals surface area contributed by atoms with E-state index in [9.17, 15) is 5.11 Å². The molecule has 2 unspecified atom stereocenters. The average Bonchev–Trinajstić information content (AvgIpc) is 3.02. The summed E-state index contributed by atoms with van der Waals surface area (Å²) >= 11 is 0. The van der Waals surface area contributed by atoms with Crippen LogP contribution in [0.3, 0.4) is 0 Å². The molecule has 2 atom stereocenters. The molecule has 144 valence electrons. The van der Waals surface area contributed by atoms with Crippen LogP contribution >= 0.6 is 0 Å². The van der Waals surface area contributed by atoms with Gasteiger partial charge >= 0.3 is 0 Å². The van der Waals surface area contributed by atoms with Gasteiger partial charge in [-0.2, -0.15) is 0 Å². The largest absolute Gasteiger partial charge is 0.380 e. The predicted molar refractivity (Wildman–Crippen MR) is 110 cm³/mol. The third kappa shape index (κ3) is 2.62. The van der Waals surface area contributed by atoms with Gasteiger partial charge in [-0.1, -0.05) is 85.8 Å². The van der Waals surface area contributed by atoms with E-state index in [0.717, 1.165) is 28.7 Å². The van der Waals surface area contributed by atoms with E-state index in [1.54, 1.807) is 14.2 Å². The first kappa shape index (κ1) is 18.9. The third-order valence-corrected chi connectivity index (χ3v) is 6.09. The fourth-order valence-corrected chi connectivity index (χ4v) is 4.68. The second-order valence-corrected chi connectivity index (χ2v) is 7.47. The molecule has 4 rings (SSSR count). The lowest BCUT2D eigenvalue weighted by atomic mass is 9.77. The molecule has 0 saturated carbocycles. The highest BCUT2D eigenvalue weighted by Gasteiger charge is 2.48. The lowest BCUT2D eigenvalue weighted by Gasteiger charge is -2.38. The first-order chi connectivity index (χ1) is 13.6. The summed E-state index contributed by atoms with van der Waals surface area (Å²) in [4.78, 5) is 0. The summed E-state index contributed by atoms with van der Waals surface area (Å²) in [6.07, 6.45) is 0.833. The van der Waals surface area contributed by atoms with Crippen molar-refractivity contribution in [3.05, 3.63) is 107 Å². The maximum atomic E-state index is 12.1. The molecule has 1 aliphatic carbocycles. The van der Waals surface area contributed by atoms with Crippen molar-refractivity contribution in [2.75, 3.05) is 14.2 Å². The van der Waals surface area contributed by atoms with E-state index < -0.39 is 11.4 Å². The predicted octanol–water partition coefficient (Wildman–Crippen LogP) is 4.61. The molecule has 3 aromatic carbocycles. The van der Waals surface area contributed by atoms with Gasteiger partial charge in [0.15, 0.2) is 0 Å². The van der Waals surface area contributed by atoms with Crippen LogP contribution in [0.4, 0.5) is 0 Å². The highest BCUT2D eigenvalue weighted by molar-refractivity contribution is 5.51. The number of rotatable bonds is 5. The fourth-order valence-electron chi connectivity index (χ4n) is 4.68. The lowest BCUT2D eigenvalue weighted by Crippen LogP contribution is -2.39. The van der Waals surface area contributed by atoms with E-state index >= 15 is 0 Å². The van der Waals surface area contributed by atoms with Crippen molar-refractivity contribution in [2.45, 2.75) is 24.7 Å². The van der Waals surface area contributed by atoms with Crippen LogP contribution in [0.25, 0.3) is 0 Å². The van der Waals surface area contributed by atoms with Crippen molar-refractivity contribution < 1.29 is 14.6 Å². The molecule has 3 nitrogen and oxygen atoms in total. The van der Waals surface area contributed by atoms with Gasteiger partial charge < -0.3 is 14.6 Å². The van der Waals surface area contributed by atoms with Crippen LogP contribution in [0, 0.1) is 5.92 Å². The molecule has 1 N–H and O–H groups in total. The van der Waals surface area contributed by atoms with Crippen molar-refractivity contribution in [3.63, 3.8) is 0 Å². The zero-order chi connectivity index (χ0) is 19.8. The SMILES string of the molecule is COC(OC)(c1ccccc1)c1ccccc1C1(O)c2ccccc2CC1C. The standard InChI is InChI=1S/C25H26O3/c1-18-17-19-11-7-8-14-21(19)24(18,26)22-15-9-10-16-23(22)25(27-2,28-3)20-12-5-4-6-13-20/h4-16,18,26H,17H2,1-3H3. The Morgan fingerprint density at radius 2 is 1.39 bits per heavy atom. The van der Waals surface area contributed by atoms with E-state index in [1.165, 1.54) is 5.56 Å². The third-order valence-electron chi connectivity index (χ3n) is 6.09. The molecule has 0 aliphatic heterocycles. The quantitative estimate of drug-likeness (QED) is 0.663. The maximum Gasteiger partial charge on any atom is 0.222 e. The zero-order valence-electron chi connectivity index (χ0n) is 16.6. The minimum atomic E-state index is -1.11. The number of fused-ring (bicyclic) bond motifs is 1. The van der Waals surface area contributed by atoms with Crippen LogP contribution in [-0.2, 0) is 27.3 Å². The smallest absolute Gasteiger partial charge is 0.222 e. The summed E-state index contributed by atoms with van der Waals surface area (Å²) in [5, 5.41) is 12.1. The Labute approximate surface area is 166 Å². The molecular weight excluding hydrogens is 348 g/mol. The summed E-state index contributed by atoms with van der Waals surface area (Å²) in [5.74, 6) is -1.07. The van der Waals surface area contributed by atoms with Gasteiger partial charge in [-0.3, -0.25) is 0 Å². The number of methoxy groups -OCH3 is 2. The summed E-state index contributed by atoms with van der Waals surface area (Å²) < 4.78 is 12.0. The Morgan fingerprint density at radius 1 is 0.821 bits per heavy atom. The van der Waals surface area contributed by atoms with Gasteiger partial charge in [0, 0.05) is 25.3 Å². The number of aliphatic hydroxyl groups is 1. The van der Waals surface area contributed by atoms with Crippen molar-refractivity contribution in [1.29, 1.82) is 0 Å². The monoisotopic (exact) mass is 374 g/mol. The molecule has 1 aliphatic rings. The van der Waals surface area contributed by atoms with Crippen LogP contribution in [0.1, 0.15) is 34.7 Å².